The van der Waals surface area contributed by atoms with Gasteiger partial charge in [0, 0.05) is 12.0 Å². The summed E-state index contributed by atoms with van der Waals surface area (Å²) in [6.45, 7) is -0.361. The molecule has 1 aromatic carbocycles. The number of ether oxygens (including phenoxy) is 1. The third-order valence-corrected chi connectivity index (χ3v) is 2.75. The van der Waals surface area contributed by atoms with Gasteiger partial charge in [0.1, 0.15) is 11.4 Å². The lowest BCUT2D eigenvalue weighted by molar-refractivity contribution is -0.141. The molecule has 1 aromatic heterocycles. The van der Waals surface area contributed by atoms with Crippen molar-refractivity contribution in [1.82, 2.24) is 4.98 Å². The summed E-state index contributed by atoms with van der Waals surface area (Å²) in [7, 11) is 1.48. The van der Waals surface area contributed by atoms with Crippen LogP contribution in [0.3, 0.4) is 0 Å². The second-order valence-electron chi connectivity index (χ2n) is 4.03. The molecule has 0 aliphatic carbocycles. The first-order valence-corrected chi connectivity index (χ1v) is 5.61. The fraction of sp³-hybridized carbons (Fsp3) is 0.308. The number of halogens is 3. The van der Waals surface area contributed by atoms with Gasteiger partial charge >= 0.3 is 6.18 Å². The summed E-state index contributed by atoms with van der Waals surface area (Å²) in [6.07, 6.45) is -4.62. The number of hydrogen-bond donors (Lipinski definition) is 1. The molecule has 3 nitrogen and oxygen atoms in total. The van der Waals surface area contributed by atoms with Crippen LogP contribution in [0.4, 0.5) is 13.2 Å². The number of alkyl halides is 3. The smallest absolute Gasteiger partial charge is 0.433 e. The molecule has 0 atom stereocenters. The van der Waals surface area contributed by atoms with Crippen molar-refractivity contribution < 1.29 is 23.0 Å². The number of aliphatic hydroxyl groups excluding tert-OH is 1. The maximum atomic E-state index is 12.9. The van der Waals surface area contributed by atoms with E-state index >= 15 is 0 Å². The van der Waals surface area contributed by atoms with Crippen LogP contribution in [0.15, 0.2) is 24.3 Å². The van der Waals surface area contributed by atoms with Gasteiger partial charge in [0.25, 0.3) is 0 Å². The SMILES string of the molecule is COc1ccc2nc(C(F)(F)F)c(CCO)cc2c1. The van der Waals surface area contributed by atoms with Crippen LogP contribution in [-0.2, 0) is 12.6 Å². The Balaban J connectivity index is 2.65. The number of hydrogen-bond acceptors (Lipinski definition) is 3. The van der Waals surface area contributed by atoms with E-state index in [9.17, 15) is 13.2 Å². The van der Waals surface area contributed by atoms with E-state index in [4.69, 9.17) is 9.84 Å². The van der Waals surface area contributed by atoms with Crippen LogP contribution in [-0.4, -0.2) is 23.8 Å². The van der Waals surface area contributed by atoms with Crippen molar-refractivity contribution in [1.29, 1.82) is 0 Å². The lowest BCUT2D eigenvalue weighted by Crippen LogP contribution is -2.13. The summed E-state index contributed by atoms with van der Waals surface area (Å²) >= 11 is 0. The number of aliphatic hydroxyl groups is 1. The van der Waals surface area contributed by atoms with E-state index < -0.39 is 11.9 Å². The molecule has 102 valence electrons. The van der Waals surface area contributed by atoms with Crippen LogP contribution in [0.1, 0.15) is 11.3 Å². The van der Waals surface area contributed by atoms with Crippen molar-refractivity contribution in [2.24, 2.45) is 0 Å². The third-order valence-electron chi connectivity index (χ3n) is 2.75. The molecule has 0 amide bonds. The Kier molecular flexibility index (Phi) is 3.61. The molecular weight excluding hydrogens is 259 g/mol. The first-order chi connectivity index (χ1) is 8.95. The summed E-state index contributed by atoms with van der Waals surface area (Å²) in [5, 5.41) is 9.41. The maximum Gasteiger partial charge on any atom is 0.433 e. The maximum absolute atomic E-state index is 12.9. The van der Waals surface area contributed by atoms with Crippen LogP contribution >= 0.6 is 0 Å². The van der Waals surface area contributed by atoms with Crippen molar-refractivity contribution in [3.05, 3.63) is 35.5 Å². The Bertz CT molecular complexity index is 596. The fourth-order valence-corrected chi connectivity index (χ4v) is 1.88. The van der Waals surface area contributed by atoms with Gasteiger partial charge in [-0.15, -0.1) is 0 Å². The quantitative estimate of drug-likeness (QED) is 0.933. The lowest BCUT2D eigenvalue weighted by atomic mass is 10.1. The summed E-state index contributed by atoms with van der Waals surface area (Å²) in [6, 6.07) is 6.04. The Morgan fingerprint density at radius 2 is 2.00 bits per heavy atom. The fourth-order valence-electron chi connectivity index (χ4n) is 1.88. The number of rotatable bonds is 3. The van der Waals surface area contributed by atoms with Crippen molar-refractivity contribution >= 4 is 10.9 Å². The summed E-state index contributed by atoms with van der Waals surface area (Å²) in [5.74, 6) is 0.545. The average Bonchev–Trinajstić information content (AvgIpc) is 2.36. The number of pyridine rings is 1. The molecule has 6 heteroatoms. The van der Waals surface area contributed by atoms with Gasteiger partial charge < -0.3 is 9.84 Å². The number of fused-ring (bicyclic) bond motifs is 1. The standard InChI is InChI=1S/C13H12F3NO2/c1-19-10-2-3-11-9(7-10)6-8(4-5-18)12(17-11)13(14,15)16/h2-3,6-7,18H,4-5H2,1H3. The van der Waals surface area contributed by atoms with Crippen LogP contribution < -0.4 is 4.74 Å². The highest BCUT2D eigenvalue weighted by Gasteiger charge is 2.35. The highest BCUT2D eigenvalue weighted by atomic mass is 19.4. The number of benzene rings is 1. The molecule has 1 N–H and O–H groups in total. The van der Waals surface area contributed by atoms with Crippen LogP contribution in [0.2, 0.25) is 0 Å². The van der Waals surface area contributed by atoms with Gasteiger partial charge in [0.2, 0.25) is 0 Å². The van der Waals surface area contributed by atoms with Gasteiger partial charge in [-0.25, -0.2) is 4.98 Å². The number of nitrogens with zero attached hydrogens (tertiary/aromatic N) is 1. The predicted molar refractivity (Wildman–Crippen MR) is 64.1 cm³/mol. The van der Waals surface area contributed by atoms with Gasteiger partial charge in [-0.2, -0.15) is 13.2 Å². The molecule has 0 radical (unpaired) electrons. The van der Waals surface area contributed by atoms with E-state index in [0.29, 0.717) is 11.1 Å². The minimum Gasteiger partial charge on any atom is -0.497 e. The molecule has 2 rings (SSSR count). The van der Waals surface area contributed by atoms with Crippen molar-refractivity contribution in [3.63, 3.8) is 0 Å². The molecule has 0 spiro atoms. The molecule has 0 saturated heterocycles. The molecule has 0 unspecified atom stereocenters. The molecule has 1 heterocycles. The zero-order valence-corrected chi connectivity index (χ0v) is 10.2. The van der Waals surface area contributed by atoms with Gasteiger partial charge in [0.15, 0.2) is 0 Å². The summed E-state index contributed by atoms with van der Waals surface area (Å²) in [4.78, 5) is 3.65. The Morgan fingerprint density at radius 3 is 2.58 bits per heavy atom. The Labute approximate surface area is 107 Å². The molecule has 0 bridgehead atoms. The van der Waals surface area contributed by atoms with Crippen molar-refractivity contribution in [2.75, 3.05) is 13.7 Å². The van der Waals surface area contributed by atoms with Gasteiger partial charge in [-0.1, -0.05) is 0 Å². The minimum atomic E-state index is -4.53. The van der Waals surface area contributed by atoms with E-state index in [1.165, 1.54) is 19.2 Å². The van der Waals surface area contributed by atoms with E-state index in [0.717, 1.165) is 0 Å². The van der Waals surface area contributed by atoms with Crippen LogP contribution in [0, 0.1) is 0 Å². The predicted octanol–water partition coefficient (Wildman–Crippen LogP) is 2.80. The Hall–Kier alpha value is -1.82. The largest absolute Gasteiger partial charge is 0.497 e. The van der Waals surface area contributed by atoms with E-state index in [1.807, 2.05) is 0 Å². The molecule has 0 aliphatic rings. The second kappa shape index (κ2) is 5.05. The average molecular weight is 271 g/mol. The monoisotopic (exact) mass is 271 g/mol. The van der Waals surface area contributed by atoms with E-state index in [-0.39, 0.29) is 24.1 Å². The third kappa shape index (κ3) is 2.78. The van der Waals surface area contributed by atoms with Crippen LogP contribution in [0.25, 0.3) is 10.9 Å². The first-order valence-electron chi connectivity index (χ1n) is 5.61. The first kappa shape index (κ1) is 13.6. The van der Waals surface area contributed by atoms with E-state index in [1.54, 1.807) is 12.1 Å². The summed E-state index contributed by atoms with van der Waals surface area (Å²) < 4.78 is 43.6. The zero-order valence-electron chi connectivity index (χ0n) is 10.2. The normalized spacial score (nSPS) is 11.8. The zero-order chi connectivity index (χ0) is 14.0. The number of methoxy groups -OCH3 is 1. The van der Waals surface area contributed by atoms with Gasteiger partial charge in [-0.3, -0.25) is 0 Å². The van der Waals surface area contributed by atoms with Gasteiger partial charge in [-0.05, 0) is 36.2 Å². The van der Waals surface area contributed by atoms with Gasteiger partial charge in [0.05, 0.1) is 12.6 Å². The second-order valence-corrected chi connectivity index (χ2v) is 4.03. The molecule has 0 aliphatic heterocycles. The molecule has 2 aromatic rings. The lowest BCUT2D eigenvalue weighted by Gasteiger charge is -2.13. The van der Waals surface area contributed by atoms with Crippen LogP contribution in [0.5, 0.6) is 5.75 Å². The van der Waals surface area contributed by atoms with E-state index in [2.05, 4.69) is 4.98 Å². The summed E-state index contributed by atoms with van der Waals surface area (Å²) in [5.41, 5.74) is -0.718. The molecular formula is C13H12F3NO2. The highest BCUT2D eigenvalue weighted by molar-refractivity contribution is 5.81. The Morgan fingerprint density at radius 1 is 1.26 bits per heavy atom. The molecule has 0 fully saturated rings. The highest BCUT2D eigenvalue weighted by Crippen LogP contribution is 2.33. The molecule has 19 heavy (non-hydrogen) atoms. The topological polar surface area (TPSA) is 42.4 Å². The van der Waals surface area contributed by atoms with Crippen molar-refractivity contribution in [2.45, 2.75) is 12.6 Å². The van der Waals surface area contributed by atoms with Crippen molar-refractivity contribution in [3.8, 4) is 5.75 Å². The minimum absolute atomic E-state index is 0.0178. The molecule has 0 saturated carbocycles. The number of aromatic nitrogens is 1.